The van der Waals surface area contributed by atoms with Gasteiger partial charge in [-0.25, -0.2) is 0 Å². The molecule has 1 fully saturated rings. The number of nitrogens with zero attached hydrogens (tertiary/aromatic N) is 1. The van der Waals surface area contributed by atoms with Crippen molar-refractivity contribution in [1.82, 2.24) is 16.0 Å². The second kappa shape index (κ2) is 10.1. The molecule has 0 radical (unpaired) electrons. The molecule has 9 heteroatoms. The largest absolute Gasteiger partial charge is 0.370 e. The average Bonchev–Trinajstić information content (AvgIpc) is 3.48. The van der Waals surface area contributed by atoms with Gasteiger partial charge >= 0.3 is 0 Å². The second-order valence-electron chi connectivity index (χ2n) is 9.09. The van der Waals surface area contributed by atoms with Crippen LogP contribution in [0.2, 0.25) is 0 Å². The summed E-state index contributed by atoms with van der Waals surface area (Å²) in [6.45, 7) is 9.17. The first kappa shape index (κ1) is 25.3. The number of amides is 3. The highest BCUT2D eigenvalue weighted by atomic mass is 16.6. The summed E-state index contributed by atoms with van der Waals surface area (Å²) in [6.07, 6.45) is -0.450. The van der Waals surface area contributed by atoms with Crippen molar-refractivity contribution in [2.24, 2.45) is 0 Å². The molecular formula is C23H32N4O5. The first-order valence-electron chi connectivity index (χ1n) is 10.5. The summed E-state index contributed by atoms with van der Waals surface area (Å²) in [5, 5.41) is 17.0. The molecule has 0 unspecified atom stereocenters. The van der Waals surface area contributed by atoms with Gasteiger partial charge in [0.15, 0.2) is 5.60 Å². The van der Waals surface area contributed by atoms with Gasteiger partial charge in [0, 0.05) is 13.5 Å². The number of hydrogen-bond donors (Lipinski definition) is 3. The average molecular weight is 445 g/mol. The Morgan fingerprint density at radius 3 is 2.25 bits per heavy atom. The smallest absolute Gasteiger partial charge is 0.255 e. The van der Waals surface area contributed by atoms with Gasteiger partial charge in [-0.3, -0.25) is 14.4 Å². The molecule has 0 saturated carbocycles. The van der Waals surface area contributed by atoms with Crippen molar-refractivity contribution in [3.63, 3.8) is 0 Å². The van der Waals surface area contributed by atoms with Gasteiger partial charge in [-0.05, 0) is 52.3 Å². The zero-order valence-corrected chi connectivity index (χ0v) is 19.4. The molecule has 1 aliphatic rings. The van der Waals surface area contributed by atoms with Gasteiger partial charge in [-0.2, -0.15) is 5.26 Å². The molecule has 1 aliphatic heterocycles. The third kappa shape index (κ3) is 7.04. The standard InChI is InChI=1S/C23H32N4O5/c1-14(32-22(2,3)4)18(27-21(30)23(5)13-31-23)20(29)26-17(19(28)25-6)11-15-7-9-16(12-24)10-8-15/h7-10,14,17-18H,11,13H2,1-6H3,(H,25,28)(H,26,29)(H,27,30)/t14-,17-,18+,23-/m1/s1. The van der Waals surface area contributed by atoms with Crippen LogP contribution in [0.25, 0.3) is 0 Å². The van der Waals surface area contributed by atoms with Crippen molar-refractivity contribution in [2.75, 3.05) is 13.7 Å². The van der Waals surface area contributed by atoms with Gasteiger partial charge in [-0.1, -0.05) is 12.1 Å². The van der Waals surface area contributed by atoms with Crippen LogP contribution in [0.5, 0.6) is 0 Å². The second-order valence-corrected chi connectivity index (χ2v) is 9.09. The number of nitrogens with one attached hydrogen (secondary N) is 3. The Kier molecular flexibility index (Phi) is 7.99. The van der Waals surface area contributed by atoms with E-state index in [-0.39, 0.29) is 18.9 Å². The molecular weight excluding hydrogens is 412 g/mol. The Morgan fingerprint density at radius 1 is 1.19 bits per heavy atom. The topological polar surface area (TPSA) is 133 Å². The maximum atomic E-state index is 13.2. The molecule has 9 nitrogen and oxygen atoms in total. The molecule has 0 aromatic heterocycles. The number of rotatable bonds is 9. The van der Waals surface area contributed by atoms with Crippen LogP contribution < -0.4 is 16.0 Å². The molecule has 32 heavy (non-hydrogen) atoms. The van der Waals surface area contributed by atoms with Crippen LogP contribution in [-0.4, -0.2) is 60.8 Å². The van der Waals surface area contributed by atoms with Gasteiger partial charge in [0.25, 0.3) is 5.91 Å². The highest BCUT2D eigenvalue weighted by Crippen LogP contribution is 2.26. The fraction of sp³-hybridized carbons (Fsp3) is 0.565. The van der Waals surface area contributed by atoms with Crippen molar-refractivity contribution in [3.8, 4) is 6.07 Å². The minimum atomic E-state index is -1.03. The molecule has 174 valence electrons. The Balaban J connectivity index is 2.20. The van der Waals surface area contributed by atoms with Gasteiger partial charge in [0.05, 0.1) is 29.9 Å². The SMILES string of the molecule is CNC(=O)[C@@H](Cc1ccc(C#N)cc1)NC(=O)[C@@H](NC(=O)[C@@]1(C)CO1)[C@@H](C)OC(C)(C)C. The fourth-order valence-corrected chi connectivity index (χ4v) is 3.15. The van der Waals surface area contributed by atoms with Crippen molar-refractivity contribution in [2.45, 2.75) is 70.4 Å². The molecule has 1 saturated heterocycles. The number of nitriles is 1. The number of hydrogen-bond acceptors (Lipinski definition) is 6. The van der Waals surface area contributed by atoms with Gasteiger partial charge in [-0.15, -0.1) is 0 Å². The monoisotopic (exact) mass is 444 g/mol. The summed E-state index contributed by atoms with van der Waals surface area (Å²) in [4.78, 5) is 38.2. The summed E-state index contributed by atoms with van der Waals surface area (Å²) in [6, 6.07) is 6.89. The van der Waals surface area contributed by atoms with E-state index in [1.807, 2.05) is 26.8 Å². The quantitative estimate of drug-likeness (QED) is 0.483. The van der Waals surface area contributed by atoms with Crippen molar-refractivity contribution in [1.29, 1.82) is 5.26 Å². The van der Waals surface area contributed by atoms with E-state index in [1.54, 1.807) is 38.1 Å². The van der Waals surface area contributed by atoms with E-state index in [1.165, 1.54) is 7.05 Å². The third-order valence-electron chi connectivity index (χ3n) is 5.04. The first-order chi connectivity index (χ1) is 14.9. The van der Waals surface area contributed by atoms with E-state index in [0.717, 1.165) is 5.56 Å². The lowest BCUT2D eigenvalue weighted by Gasteiger charge is -2.32. The van der Waals surface area contributed by atoms with Crippen LogP contribution >= 0.6 is 0 Å². The zero-order valence-electron chi connectivity index (χ0n) is 19.4. The zero-order chi connectivity index (χ0) is 24.1. The number of ether oxygens (including phenoxy) is 2. The fourth-order valence-electron chi connectivity index (χ4n) is 3.15. The van der Waals surface area contributed by atoms with E-state index in [2.05, 4.69) is 16.0 Å². The normalized spacial score (nSPS) is 20.3. The van der Waals surface area contributed by atoms with Crippen LogP contribution in [0.1, 0.15) is 45.7 Å². The van der Waals surface area contributed by atoms with E-state index < -0.39 is 41.2 Å². The summed E-state index contributed by atoms with van der Waals surface area (Å²) in [5.41, 5.74) is -0.231. The maximum Gasteiger partial charge on any atom is 0.255 e. The summed E-state index contributed by atoms with van der Waals surface area (Å²) in [7, 11) is 1.48. The summed E-state index contributed by atoms with van der Waals surface area (Å²) >= 11 is 0. The minimum Gasteiger partial charge on any atom is -0.370 e. The highest BCUT2D eigenvalue weighted by molar-refractivity contribution is 5.95. The number of carbonyl (C=O) groups is 3. The molecule has 1 heterocycles. The Bertz CT molecular complexity index is 881. The lowest BCUT2D eigenvalue weighted by Crippen LogP contribution is -2.59. The molecule has 3 amide bonds. The molecule has 2 rings (SSSR count). The third-order valence-corrected chi connectivity index (χ3v) is 5.04. The molecule has 0 aliphatic carbocycles. The molecule has 4 atom stereocenters. The Morgan fingerprint density at radius 2 is 1.78 bits per heavy atom. The van der Waals surface area contributed by atoms with Crippen LogP contribution in [0, 0.1) is 11.3 Å². The van der Waals surface area contributed by atoms with Crippen LogP contribution in [0.4, 0.5) is 0 Å². The van der Waals surface area contributed by atoms with E-state index >= 15 is 0 Å². The summed E-state index contributed by atoms with van der Waals surface area (Å²) in [5.74, 6) is -1.33. The van der Waals surface area contributed by atoms with Crippen LogP contribution in [-0.2, 0) is 30.3 Å². The predicted octanol–water partition coefficient (Wildman–Crippen LogP) is 0.809. The van der Waals surface area contributed by atoms with Gasteiger partial charge in [0.2, 0.25) is 11.8 Å². The summed E-state index contributed by atoms with van der Waals surface area (Å²) < 4.78 is 11.1. The van der Waals surface area contributed by atoms with Crippen LogP contribution in [0.3, 0.4) is 0 Å². The van der Waals surface area contributed by atoms with Crippen LogP contribution in [0.15, 0.2) is 24.3 Å². The van der Waals surface area contributed by atoms with Gasteiger partial charge in [0.1, 0.15) is 12.1 Å². The Hall–Kier alpha value is -2.96. The number of epoxide rings is 1. The predicted molar refractivity (Wildman–Crippen MR) is 117 cm³/mol. The van der Waals surface area contributed by atoms with E-state index in [4.69, 9.17) is 14.7 Å². The number of carbonyl (C=O) groups excluding carboxylic acids is 3. The molecule has 1 aromatic carbocycles. The molecule has 0 bridgehead atoms. The van der Waals surface area contributed by atoms with Crippen molar-refractivity contribution >= 4 is 17.7 Å². The van der Waals surface area contributed by atoms with Gasteiger partial charge < -0.3 is 25.4 Å². The lowest BCUT2D eigenvalue weighted by molar-refractivity contribution is -0.140. The van der Waals surface area contributed by atoms with E-state index in [9.17, 15) is 14.4 Å². The Labute approximate surface area is 188 Å². The molecule has 3 N–H and O–H groups in total. The number of likely N-dealkylation sites (N-methyl/N-ethyl adjacent to an activating group) is 1. The highest BCUT2D eigenvalue weighted by Gasteiger charge is 2.49. The number of benzene rings is 1. The molecule has 1 aromatic rings. The minimum absolute atomic E-state index is 0.215. The van der Waals surface area contributed by atoms with Crippen molar-refractivity contribution < 1.29 is 23.9 Å². The maximum absolute atomic E-state index is 13.2. The van der Waals surface area contributed by atoms with Crippen molar-refractivity contribution in [3.05, 3.63) is 35.4 Å². The van der Waals surface area contributed by atoms with E-state index in [0.29, 0.717) is 5.56 Å². The lowest BCUT2D eigenvalue weighted by atomic mass is 10.0. The molecule has 0 spiro atoms. The first-order valence-corrected chi connectivity index (χ1v) is 10.5.